The van der Waals surface area contributed by atoms with E-state index in [-0.39, 0.29) is 6.04 Å². The van der Waals surface area contributed by atoms with Crippen molar-refractivity contribution in [1.29, 1.82) is 0 Å². The molecule has 0 aromatic carbocycles. The van der Waals surface area contributed by atoms with E-state index in [9.17, 15) is 19.8 Å². The first-order chi connectivity index (χ1) is 7.54. The van der Waals surface area contributed by atoms with Crippen molar-refractivity contribution in [2.75, 3.05) is 0 Å². The van der Waals surface area contributed by atoms with Crippen LogP contribution in [0.5, 0.6) is 0 Å². The molecule has 0 fully saturated rings. The van der Waals surface area contributed by atoms with Crippen molar-refractivity contribution in [3.63, 3.8) is 0 Å². The van der Waals surface area contributed by atoms with Crippen LogP contribution in [0.1, 0.15) is 34.6 Å². The topological polar surface area (TPSA) is 98.7 Å². The molecule has 0 heterocycles. The second-order valence-electron chi connectivity index (χ2n) is 5.29. The van der Waals surface area contributed by atoms with Crippen LogP contribution in [-0.2, 0) is 9.59 Å². The summed E-state index contributed by atoms with van der Waals surface area (Å²) in [7, 11) is 0. The van der Waals surface area contributed by atoms with Gasteiger partial charge in [-0.3, -0.25) is 9.59 Å². The summed E-state index contributed by atoms with van der Waals surface area (Å²) in [5, 5.41) is 23.9. The molecule has 0 aromatic rings. The maximum absolute atomic E-state index is 11.5. The monoisotopic (exact) mass is 246 g/mol. The van der Waals surface area contributed by atoms with Crippen molar-refractivity contribution in [2.24, 2.45) is 0 Å². The first-order valence-electron chi connectivity index (χ1n) is 5.53. The highest BCUT2D eigenvalue weighted by Crippen LogP contribution is 2.02. The summed E-state index contributed by atoms with van der Waals surface area (Å²) in [5.74, 6) is -1.54. The number of amides is 2. The van der Waals surface area contributed by atoms with Crippen molar-refractivity contribution in [3.05, 3.63) is 0 Å². The number of hydrogen-bond donors (Lipinski definition) is 4. The van der Waals surface area contributed by atoms with Crippen LogP contribution >= 0.6 is 0 Å². The molecule has 0 aliphatic heterocycles. The predicted octanol–water partition coefficient (Wildman–Crippen LogP) is -0.852. The van der Waals surface area contributed by atoms with Gasteiger partial charge in [0.05, 0.1) is 0 Å². The number of aliphatic hydroxyl groups excluding tert-OH is 2. The SMILES string of the molecule is CC(C)NC(=O)[C@H](O)[C@@H](O)C(=O)NC(C)(C)C. The highest BCUT2D eigenvalue weighted by Gasteiger charge is 2.32. The molecule has 17 heavy (non-hydrogen) atoms. The normalized spacial score (nSPS) is 15.3. The highest BCUT2D eigenvalue weighted by molar-refractivity contribution is 5.91. The molecule has 0 aliphatic carbocycles. The maximum atomic E-state index is 11.5. The molecule has 0 spiro atoms. The van der Waals surface area contributed by atoms with Crippen molar-refractivity contribution < 1.29 is 19.8 Å². The lowest BCUT2D eigenvalue weighted by molar-refractivity contribution is -0.147. The van der Waals surface area contributed by atoms with Gasteiger partial charge < -0.3 is 20.8 Å². The van der Waals surface area contributed by atoms with E-state index in [0.717, 1.165) is 0 Å². The molecule has 0 radical (unpaired) electrons. The summed E-state index contributed by atoms with van der Waals surface area (Å²) < 4.78 is 0. The fourth-order valence-electron chi connectivity index (χ4n) is 1.10. The van der Waals surface area contributed by atoms with E-state index in [1.165, 1.54) is 0 Å². The van der Waals surface area contributed by atoms with Crippen molar-refractivity contribution in [1.82, 2.24) is 10.6 Å². The van der Waals surface area contributed by atoms with Crippen molar-refractivity contribution >= 4 is 11.8 Å². The van der Waals surface area contributed by atoms with Crippen LogP contribution < -0.4 is 10.6 Å². The second kappa shape index (κ2) is 5.97. The van der Waals surface area contributed by atoms with Gasteiger partial charge in [-0.15, -0.1) is 0 Å². The minimum absolute atomic E-state index is 0.171. The third kappa shape index (κ3) is 6.23. The van der Waals surface area contributed by atoms with Crippen LogP contribution in [0.25, 0.3) is 0 Å². The zero-order valence-corrected chi connectivity index (χ0v) is 10.9. The van der Waals surface area contributed by atoms with Gasteiger partial charge in [0, 0.05) is 11.6 Å². The van der Waals surface area contributed by atoms with Gasteiger partial charge in [-0.1, -0.05) is 0 Å². The van der Waals surface area contributed by atoms with E-state index in [1.807, 2.05) is 0 Å². The first kappa shape index (κ1) is 15.9. The minimum atomic E-state index is -1.77. The Labute approximate surface area is 101 Å². The molecule has 2 atom stereocenters. The van der Waals surface area contributed by atoms with E-state index in [1.54, 1.807) is 34.6 Å². The molecule has 0 unspecified atom stereocenters. The Hall–Kier alpha value is -1.14. The van der Waals surface area contributed by atoms with E-state index >= 15 is 0 Å². The number of carbonyl (C=O) groups is 2. The zero-order valence-electron chi connectivity index (χ0n) is 10.9. The Kier molecular flexibility index (Phi) is 5.57. The number of aliphatic hydroxyl groups is 2. The van der Waals surface area contributed by atoms with Gasteiger partial charge >= 0.3 is 0 Å². The largest absolute Gasteiger partial charge is 0.380 e. The number of rotatable bonds is 4. The molecule has 6 nitrogen and oxygen atoms in total. The number of hydrogen-bond acceptors (Lipinski definition) is 4. The molecule has 0 saturated heterocycles. The zero-order chi connectivity index (χ0) is 13.8. The molecule has 0 aliphatic rings. The molecule has 2 amide bonds. The molecule has 0 bridgehead atoms. The molecular weight excluding hydrogens is 224 g/mol. The predicted molar refractivity (Wildman–Crippen MR) is 63.2 cm³/mol. The molecular formula is C11H22N2O4. The molecule has 4 N–H and O–H groups in total. The molecule has 6 heteroatoms. The van der Waals surface area contributed by atoms with Gasteiger partial charge in [0.25, 0.3) is 11.8 Å². The maximum Gasteiger partial charge on any atom is 0.252 e. The molecule has 100 valence electrons. The van der Waals surface area contributed by atoms with Crippen molar-refractivity contribution in [2.45, 2.75) is 58.4 Å². The average Bonchev–Trinajstić information content (AvgIpc) is 2.11. The Bertz CT molecular complexity index is 284. The molecule has 0 saturated carbocycles. The number of nitrogens with one attached hydrogen (secondary N) is 2. The van der Waals surface area contributed by atoms with Gasteiger partial charge in [-0.05, 0) is 34.6 Å². The van der Waals surface area contributed by atoms with Crippen LogP contribution in [0.15, 0.2) is 0 Å². The highest BCUT2D eigenvalue weighted by atomic mass is 16.3. The van der Waals surface area contributed by atoms with Crippen LogP contribution in [0, 0.1) is 0 Å². The summed E-state index contributed by atoms with van der Waals surface area (Å²) in [6.07, 6.45) is -3.53. The Balaban J connectivity index is 4.44. The smallest absolute Gasteiger partial charge is 0.252 e. The average molecular weight is 246 g/mol. The fraction of sp³-hybridized carbons (Fsp3) is 0.818. The van der Waals surface area contributed by atoms with Crippen LogP contribution in [0.2, 0.25) is 0 Å². The summed E-state index contributed by atoms with van der Waals surface area (Å²) in [5.41, 5.74) is -0.535. The quantitative estimate of drug-likeness (QED) is 0.519. The van der Waals surface area contributed by atoms with Gasteiger partial charge in [0.15, 0.2) is 12.2 Å². The van der Waals surface area contributed by atoms with E-state index in [4.69, 9.17) is 0 Å². The Morgan fingerprint density at radius 3 is 1.76 bits per heavy atom. The lowest BCUT2D eigenvalue weighted by Crippen LogP contribution is -2.54. The summed E-state index contributed by atoms with van der Waals surface area (Å²) >= 11 is 0. The lowest BCUT2D eigenvalue weighted by Gasteiger charge is -2.24. The van der Waals surface area contributed by atoms with Crippen LogP contribution in [0.4, 0.5) is 0 Å². The van der Waals surface area contributed by atoms with Crippen LogP contribution in [-0.4, -0.2) is 45.8 Å². The summed E-state index contributed by atoms with van der Waals surface area (Å²) in [6, 6.07) is -0.171. The Morgan fingerprint density at radius 2 is 1.41 bits per heavy atom. The summed E-state index contributed by atoms with van der Waals surface area (Å²) in [4.78, 5) is 22.9. The van der Waals surface area contributed by atoms with Gasteiger partial charge in [-0.2, -0.15) is 0 Å². The summed E-state index contributed by atoms with van der Waals surface area (Å²) in [6.45, 7) is 8.63. The first-order valence-corrected chi connectivity index (χ1v) is 5.53. The third-order valence-electron chi connectivity index (χ3n) is 1.77. The van der Waals surface area contributed by atoms with E-state index in [2.05, 4.69) is 10.6 Å². The van der Waals surface area contributed by atoms with Crippen LogP contribution in [0.3, 0.4) is 0 Å². The van der Waals surface area contributed by atoms with E-state index in [0.29, 0.717) is 0 Å². The lowest BCUT2D eigenvalue weighted by atomic mass is 10.1. The molecule has 0 rings (SSSR count). The minimum Gasteiger partial charge on any atom is -0.380 e. The van der Waals surface area contributed by atoms with Gasteiger partial charge in [-0.25, -0.2) is 0 Å². The van der Waals surface area contributed by atoms with Gasteiger partial charge in [0.1, 0.15) is 0 Å². The van der Waals surface area contributed by atoms with Crippen molar-refractivity contribution in [3.8, 4) is 0 Å². The second-order valence-corrected chi connectivity index (χ2v) is 5.29. The fourth-order valence-corrected chi connectivity index (χ4v) is 1.10. The standard InChI is InChI=1S/C11H22N2O4/c1-6(2)12-9(16)7(14)8(15)10(17)13-11(3,4)5/h6-8,14-15H,1-5H3,(H,12,16)(H,13,17)/t7-,8-/m1/s1. The Morgan fingerprint density at radius 1 is 1.00 bits per heavy atom. The van der Waals surface area contributed by atoms with E-state index < -0.39 is 29.6 Å². The number of carbonyl (C=O) groups excluding carboxylic acids is 2. The molecule has 0 aromatic heterocycles. The third-order valence-corrected chi connectivity index (χ3v) is 1.77. The van der Waals surface area contributed by atoms with Gasteiger partial charge in [0.2, 0.25) is 0 Å².